The number of furan rings is 1. The van der Waals surface area contributed by atoms with Gasteiger partial charge in [-0.3, -0.25) is 9.78 Å². The second kappa shape index (κ2) is 6.19. The van der Waals surface area contributed by atoms with E-state index >= 15 is 0 Å². The first-order valence-electron chi connectivity index (χ1n) is 8.58. The molecule has 3 atom stereocenters. The van der Waals surface area contributed by atoms with Gasteiger partial charge in [-0.2, -0.15) is 0 Å². The van der Waals surface area contributed by atoms with Gasteiger partial charge in [0.05, 0.1) is 12.3 Å². The molecule has 1 saturated carbocycles. The number of nitrogens with zero attached hydrogens (tertiary/aromatic N) is 2. The van der Waals surface area contributed by atoms with Gasteiger partial charge in [0.15, 0.2) is 0 Å². The zero-order chi connectivity index (χ0) is 15.6. The maximum absolute atomic E-state index is 13.1. The van der Waals surface area contributed by atoms with Crippen molar-refractivity contribution in [2.45, 2.75) is 44.1 Å². The summed E-state index contributed by atoms with van der Waals surface area (Å²) in [5, 5.41) is 0. The summed E-state index contributed by atoms with van der Waals surface area (Å²) in [7, 11) is 0. The van der Waals surface area contributed by atoms with Gasteiger partial charge in [-0.1, -0.05) is 12.8 Å². The smallest absolute Gasteiger partial charge is 0.226 e. The van der Waals surface area contributed by atoms with Crippen molar-refractivity contribution < 1.29 is 9.21 Å². The summed E-state index contributed by atoms with van der Waals surface area (Å²) < 4.78 is 5.48. The Kier molecular flexibility index (Phi) is 3.90. The first kappa shape index (κ1) is 14.5. The molecule has 0 aromatic carbocycles. The standard InChI is InChI=1S/C19H22N2O2/c22-19(16-13-15(16)18-6-4-12-23-18)21-11-3-1-2-5-17(21)14-7-9-20-10-8-14/h4,6-10,12,15-17H,1-3,5,11,13H2/t15-,16-,17-/m1/s1. The summed E-state index contributed by atoms with van der Waals surface area (Å²) in [5.41, 5.74) is 1.21. The second-order valence-electron chi connectivity index (χ2n) is 6.64. The van der Waals surface area contributed by atoms with E-state index in [2.05, 4.69) is 9.88 Å². The van der Waals surface area contributed by atoms with Crippen molar-refractivity contribution >= 4 is 5.91 Å². The lowest BCUT2D eigenvalue weighted by Crippen LogP contribution is -2.36. The highest BCUT2D eigenvalue weighted by Crippen LogP contribution is 2.49. The molecule has 0 unspecified atom stereocenters. The van der Waals surface area contributed by atoms with E-state index < -0.39 is 0 Å². The number of rotatable bonds is 3. The van der Waals surface area contributed by atoms with E-state index in [1.807, 2.05) is 36.7 Å². The minimum Gasteiger partial charge on any atom is -0.469 e. The Morgan fingerprint density at radius 2 is 2.04 bits per heavy atom. The van der Waals surface area contributed by atoms with E-state index in [0.29, 0.717) is 5.91 Å². The quantitative estimate of drug-likeness (QED) is 0.863. The summed E-state index contributed by atoms with van der Waals surface area (Å²) in [6, 6.07) is 8.19. The van der Waals surface area contributed by atoms with Crippen molar-refractivity contribution in [1.82, 2.24) is 9.88 Å². The fourth-order valence-corrected chi connectivity index (χ4v) is 3.80. The third-order valence-electron chi connectivity index (χ3n) is 5.14. The van der Waals surface area contributed by atoms with Gasteiger partial charge in [-0.25, -0.2) is 0 Å². The average Bonchev–Trinajstić information content (AvgIpc) is 3.29. The van der Waals surface area contributed by atoms with E-state index in [9.17, 15) is 4.79 Å². The monoisotopic (exact) mass is 310 g/mol. The van der Waals surface area contributed by atoms with E-state index in [0.717, 1.165) is 31.6 Å². The molecule has 1 amide bonds. The molecule has 0 N–H and O–H groups in total. The largest absolute Gasteiger partial charge is 0.469 e. The normalized spacial score (nSPS) is 27.5. The molecule has 4 heteroatoms. The highest BCUT2D eigenvalue weighted by Gasteiger charge is 2.48. The van der Waals surface area contributed by atoms with E-state index in [1.54, 1.807) is 6.26 Å². The lowest BCUT2D eigenvalue weighted by Gasteiger charge is -2.30. The van der Waals surface area contributed by atoms with Crippen LogP contribution >= 0.6 is 0 Å². The van der Waals surface area contributed by atoms with Gasteiger partial charge in [-0.05, 0) is 49.1 Å². The Bertz CT molecular complexity index is 653. The minimum atomic E-state index is 0.101. The number of carbonyl (C=O) groups is 1. The first-order chi connectivity index (χ1) is 11.3. The van der Waals surface area contributed by atoms with Gasteiger partial charge in [-0.15, -0.1) is 0 Å². The van der Waals surface area contributed by atoms with Crippen LogP contribution in [0.2, 0.25) is 0 Å². The molecule has 1 saturated heterocycles. The SMILES string of the molecule is O=C([C@@H]1C[C@H]1c1ccco1)N1CCCCC[C@@H]1c1ccncc1. The number of aromatic nitrogens is 1. The molecule has 2 aliphatic rings. The average molecular weight is 310 g/mol. The first-order valence-corrected chi connectivity index (χ1v) is 8.58. The summed E-state index contributed by atoms with van der Waals surface area (Å²) in [5.74, 6) is 1.64. The maximum atomic E-state index is 13.1. The van der Waals surface area contributed by atoms with Crippen molar-refractivity contribution in [1.29, 1.82) is 0 Å². The minimum absolute atomic E-state index is 0.101. The van der Waals surface area contributed by atoms with Crippen LogP contribution in [-0.4, -0.2) is 22.3 Å². The van der Waals surface area contributed by atoms with Crippen molar-refractivity contribution in [2.24, 2.45) is 5.92 Å². The molecule has 0 spiro atoms. The summed E-state index contributed by atoms with van der Waals surface area (Å²) >= 11 is 0. The molecule has 0 radical (unpaired) electrons. The van der Waals surface area contributed by atoms with Crippen LogP contribution in [0.15, 0.2) is 47.3 Å². The van der Waals surface area contributed by atoms with Crippen LogP contribution in [0.1, 0.15) is 55.4 Å². The predicted molar refractivity (Wildman–Crippen MR) is 86.7 cm³/mol. The Hall–Kier alpha value is -2.10. The van der Waals surface area contributed by atoms with Crippen molar-refractivity contribution in [2.75, 3.05) is 6.54 Å². The Balaban J connectivity index is 1.54. The maximum Gasteiger partial charge on any atom is 0.226 e. The molecular formula is C19H22N2O2. The Labute approximate surface area is 136 Å². The Morgan fingerprint density at radius 1 is 1.17 bits per heavy atom. The molecule has 120 valence electrons. The van der Waals surface area contributed by atoms with Crippen LogP contribution in [-0.2, 0) is 4.79 Å². The molecule has 2 fully saturated rings. The molecule has 3 heterocycles. The molecule has 0 bridgehead atoms. The van der Waals surface area contributed by atoms with Gasteiger partial charge >= 0.3 is 0 Å². The number of likely N-dealkylation sites (tertiary alicyclic amines) is 1. The number of amides is 1. The van der Waals surface area contributed by atoms with Crippen LogP contribution in [0.3, 0.4) is 0 Å². The lowest BCUT2D eigenvalue weighted by atomic mass is 10.0. The predicted octanol–water partition coefficient (Wildman–Crippen LogP) is 3.92. The summed E-state index contributed by atoms with van der Waals surface area (Å²) in [6.07, 6.45) is 10.8. The highest BCUT2D eigenvalue weighted by atomic mass is 16.3. The fourth-order valence-electron chi connectivity index (χ4n) is 3.80. The van der Waals surface area contributed by atoms with Crippen LogP contribution in [0.25, 0.3) is 0 Å². The molecule has 4 rings (SSSR count). The van der Waals surface area contributed by atoms with Crippen LogP contribution < -0.4 is 0 Å². The number of hydrogen-bond donors (Lipinski definition) is 0. The molecular weight excluding hydrogens is 288 g/mol. The molecule has 2 aromatic heterocycles. The Morgan fingerprint density at radius 3 is 2.83 bits per heavy atom. The van der Waals surface area contributed by atoms with Gasteiger partial charge < -0.3 is 9.32 Å². The van der Waals surface area contributed by atoms with Gasteiger partial charge in [0.25, 0.3) is 0 Å². The van der Waals surface area contributed by atoms with Crippen molar-refractivity contribution in [3.05, 3.63) is 54.2 Å². The number of pyridine rings is 1. The molecule has 23 heavy (non-hydrogen) atoms. The molecule has 4 nitrogen and oxygen atoms in total. The van der Waals surface area contributed by atoms with Crippen LogP contribution in [0.4, 0.5) is 0 Å². The number of carbonyl (C=O) groups excluding carboxylic acids is 1. The highest BCUT2D eigenvalue weighted by molar-refractivity contribution is 5.83. The van der Waals surface area contributed by atoms with E-state index in [-0.39, 0.29) is 17.9 Å². The summed E-state index contributed by atoms with van der Waals surface area (Å²) in [6.45, 7) is 0.868. The van der Waals surface area contributed by atoms with Gasteiger partial charge in [0.1, 0.15) is 5.76 Å². The topological polar surface area (TPSA) is 46.3 Å². The van der Waals surface area contributed by atoms with Gasteiger partial charge in [0, 0.05) is 30.8 Å². The van der Waals surface area contributed by atoms with Crippen LogP contribution in [0, 0.1) is 5.92 Å². The van der Waals surface area contributed by atoms with Gasteiger partial charge in [0.2, 0.25) is 5.91 Å². The third-order valence-corrected chi connectivity index (χ3v) is 5.14. The third kappa shape index (κ3) is 2.90. The molecule has 2 aromatic rings. The van der Waals surface area contributed by atoms with Crippen LogP contribution in [0.5, 0.6) is 0 Å². The summed E-state index contributed by atoms with van der Waals surface area (Å²) in [4.78, 5) is 19.3. The van der Waals surface area contributed by atoms with E-state index in [1.165, 1.54) is 18.4 Å². The second-order valence-corrected chi connectivity index (χ2v) is 6.64. The van der Waals surface area contributed by atoms with Crippen molar-refractivity contribution in [3.63, 3.8) is 0 Å². The zero-order valence-electron chi connectivity index (χ0n) is 13.2. The van der Waals surface area contributed by atoms with E-state index in [4.69, 9.17) is 4.42 Å². The molecule has 1 aliphatic carbocycles. The van der Waals surface area contributed by atoms with Crippen molar-refractivity contribution in [3.8, 4) is 0 Å². The number of hydrogen-bond acceptors (Lipinski definition) is 3. The zero-order valence-corrected chi connectivity index (χ0v) is 13.2. The fraction of sp³-hybridized carbons (Fsp3) is 0.474. The lowest BCUT2D eigenvalue weighted by molar-refractivity contribution is -0.135. The molecule has 1 aliphatic heterocycles.